The van der Waals surface area contributed by atoms with Crippen LogP contribution in [-0.2, 0) is 9.53 Å². The van der Waals surface area contributed by atoms with Gasteiger partial charge in [0.1, 0.15) is 0 Å². The molecule has 0 aliphatic carbocycles. The maximum absolute atomic E-state index is 12.4. The van der Waals surface area contributed by atoms with Gasteiger partial charge in [0.25, 0.3) is 5.91 Å². The molecule has 1 rings (SSSR count). The van der Waals surface area contributed by atoms with Gasteiger partial charge < -0.3 is 9.64 Å². The molecule has 1 aromatic rings. The molecule has 0 N–H and O–H groups in total. The Hall–Kier alpha value is -1.84. The third-order valence-electron chi connectivity index (χ3n) is 2.94. The highest BCUT2D eigenvalue weighted by atomic mass is 16.5. The third-order valence-corrected chi connectivity index (χ3v) is 2.94. The summed E-state index contributed by atoms with van der Waals surface area (Å²) in [6.07, 6.45) is 1.10. The highest BCUT2D eigenvalue weighted by Gasteiger charge is 2.16. The standard InChI is InChI=1S/C16H23NO3/c1-4-10-17(11-9-15(18)20-5-2)16(19)14-8-6-7-13(3)12-14/h6-8,12H,4-5,9-11H2,1-3H3. The summed E-state index contributed by atoms with van der Waals surface area (Å²) in [5.74, 6) is -0.287. The molecule has 0 atom stereocenters. The van der Waals surface area contributed by atoms with Gasteiger partial charge in [-0.3, -0.25) is 9.59 Å². The van der Waals surface area contributed by atoms with Crippen molar-refractivity contribution in [3.05, 3.63) is 35.4 Å². The van der Waals surface area contributed by atoms with Crippen LogP contribution >= 0.6 is 0 Å². The molecule has 0 radical (unpaired) electrons. The monoisotopic (exact) mass is 277 g/mol. The van der Waals surface area contributed by atoms with Crippen LogP contribution in [0.5, 0.6) is 0 Å². The van der Waals surface area contributed by atoms with Gasteiger partial charge in [0.15, 0.2) is 0 Å². The van der Waals surface area contributed by atoms with E-state index in [1.165, 1.54) is 0 Å². The van der Waals surface area contributed by atoms with Crippen LogP contribution in [0.3, 0.4) is 0 Å². The van der Waals surface area contributed by atoms with Crippen LogP contribution in [0.25, 0.3) is 0 Å². The average Bonchev–Trinajstić information content (AvgIpc) is 2.43. The molecule has 0 aliphatic heterocycles. The fraction of sp³-hybridized carbons (Fsp3) is 0.500. The van der Waals surface area contributed by atoms with Gasteiger partial charge in [0.05, 0.1) is 13.0 Å². The first-order valence-electron chi connectivity index (χ1n) is 7.10. The van der Waals surface area contributed by atoms with Crippen LogP contribution in [0, 0.1) is 6.92 Å². The smallest absolute Gasteiger partial charge is 0.307 e. The quantitative estimate of drug-likeness (QED) is 0.720. The van der Waals surface area contributed by atoms with E-state index in [2.05, 4.69) is 0 Å². The van der Waals surface area contributed by atoms with Gasteiger partial charge in [0, 0.05) is 18.7 Å². The molecule has 0 saturated carbocycles. The summed E-state index contributed by atoms with van der Waals surface area (Å²) in [6, 6.07) is 7.51. The van der Waals surface area contributed by atoms with E-state index in [1.54, 1.807) is 11.8 Å². The molecule has 0 aromatic heterocycles. The number of hydrogen-bond acceptors (Lipinski definition) is 3. The first-order chi connectivity index (χ1) is 9.58. The average molecular weight is 277 g/mol. The predicted octanol–water partition coefficient (Wildman–Crippen LogP) is 2.80. The molecular formula is C16H23NO3. The van der Waals surface area contributed by atoms with Crippen molar-refractivity contribution in [3.8, 4) is 0 Å². The van der Waals surface area contributed by atoms with Gasteiger partial charge >= 0.3 is 5.97 Å². The van der Waals surface area contributed by atoms with Crippen LogP contribution in [0.2, 0.25) is 0 Å². The predicted molar refractivity (Wildman–Crippen MR) is 78.6 cm³/mol. The van der Waals surface area contributed by atoms with Gasteiger partial charge in [-0.2, -0.15) is 0 Å². The van der Waals surface area contributed by atoms with E-state index in [-0.39, 0.29) is 18.3 Å². The van der Waals surface area contributed by atoms with Gasteiger partial charge in [-0.15, -0.1) is 0 Å². The molecular weight excluding hydrogens is 254 g/mol. The van der Waals surface area contributed by atoms with Crippen LogP contribution in [0.1, 0.15) is 42.6 Å². The lowest BCUT2D eigenvalue weighted by Crippen LogP contribution is -2.34. The van der Waals surface area contributed by atoms with Gasteiger partial charge in [-0.1, -0.05) is 24.6 Å². The molecule has 1 aromatic carbocycles. The minimum absolute atomic E-state index is 0.0279. The second-order valence-corrected chi connectivity index (χ2v) is 4.72. The zero-order valence-corrected chi connectivity index (χ0v) is 12.5. The van der Waals surface area contributed by atoms with E-state index in [0.717, 1.165) is 12.0 Å². The second kappa shape index (κ2) is 8.35. The molecule has 0 spiro atoms. The Morgan fingerprint density at radius 1 is 1.20 bits per heavy atom. The van der Waals surface area contributed by atoms with Gasteiger partial charge in [-0.25, -0.2) is 0 Å². The van der Waals surface area contributed by atoms with Crippen molar-refractivity contribution < 1.29 is 14.3 Å². The van der Waals surface area contributed by atoms with Gasteiger partial charge in [0.2, 0.25) is 0 Å². The number of ether oxygens (including phenoxy) is 1. The van der Waals surface area contributed by atoms with Crippen molar-refractivity contribution in [1.29, 1.82) is 0 Å². The Morgan fingerprint density at radius 3 is 2.55 bits per heavy atom. The maximum atomic E-state index is 12.4. The number of rotatable bonds is 7. The molecule has 20 heavy (non-hydrogen) atoms. The number of hydrogen-bond donors (Lipinski definition) is 0. The summed E-state index contributed by atoms with van der Waals surface area (Å²) in [5, 5.41) is 0. The van der Waals surface area contributed by atoms with Crippen molar-refractivity contribution in [2.45, 2.75) is 33.6 Å². The Bertz CT molecular complexity index is 457. The summed E-state index contributed by atoms with van der Waals surface area (Å²) in [6.45, 7) is 7.17. The number of carbonyl (C=O) groups is 2. The molecule has 0 saturated heterocycles. The van der Waals surface area contributed by atoms with Crippen molar-refractivity contribution in [1.82, 2.24) is 4.90 Å². The molecule has 0 aliphatic rings. The Balaban J connectivity index is 2.69. The van der Waals surface area contributed by atoms with Crippen LogP contribution in [0.4, 0.5) is 0 Å². The molecule has 0 heterocycles. The van der Waals surface area contributed by atoms with E-state index in [4.69, 9.17) is 4.74 Å². The van der Waals surface area contributed by atoms with Crippen LogP contribution in [0.15, 0.2) is 24.3 Å². The van der Waals surface area contributed by atoms with Crippen molar-refractivity contribution in [3.63, 3.8) is 0 Å². The minimum Gasteiger partial charge on any atom is -0.466 e. The maximum Gasteiger partial charge on any atom is 0.307 e. The zero-order chi connectivity index (χ0) is 15.0. The number of amides is 1. The first-order valence-corrected chi connectivity index (χ1v) is 7.10. The normalized spacial score (nSPS) is 10.2. The van der Waals surface area contributed by atoms with Crippen LogP contribution in [-0.4, -0.2) is 36.5 Å². The van der Waals surface area contributed by atoms with E-state index in [0.29, 0.717) is 25.3 Å². The third kappa shape index (κ3) is 5.03. The molecule has 1 amide bonds. The SMILES string of the molecule is CCCN(CCC(=O)OCC)C(=O)c1cccc(C)c1. The molecule has 110 valence electrons. The largest absolute Gasteiger partial charge is 0.466 e. The number of esters is 1. The summed E-state index contributed by atoms with van der Waals surface area (Å²) in [5.41, 5.74) is 1.72. The zero-order valence-electron chi connectivity index (χ0n) is 12.5. The second-order valence-electron chi connectivity index (χ2n) is 4.72. The molecule has 0 fully saturated rings. The number of carbonyl (C=O) groups excluding carboxylic acids is 2. The Morgan fingerprint density at radius 2 is 1.95 bits per heavy atom. The highest BCUT2D eigenvalue weighted by Crippen LogP contribution is 2.09. The highest BCUT2D eigenvalue weighted by molar-refractivity contribution is 5.94. The lowest BCUT2D eigenvalue weighted by molar-refractivity contribution is -0.143. The van der Waals surface area contributed by atoms with Crippen molar-refractivity contribution >= 4 is 11.9 Å². The Kier molecular flexibility index (Phi) is 6.77. The fourth-order valence-electron chi connectivity index (χ4n) is 2.00. The van der Waals surface area contributed by atoms with Crippen molar-refractivity contribution in [2.75, 3.05) is 19.7 Å². The lowest BCUT2D eigenvalue weighted by atomic mass is 10.1. The molecule has 0 bridgehead atoms. The molecule has 4 nitrogen and oxygen atoms in total. The first kappa shape index (κ1) is 16.2. The topological polar surface area (TPSA) is 46.6 Å². The summed E-state index contributed by atoms with van der Waals surface area (Å²) in [4.78, 5) is 25.6. The van der Waals surface area contributed by atoms with Crippen LogP contribution < -0.4 is 0 Å². The fourth-order valence-corrected chi connectivity index (χ4v) is 2.00. The number of benzene rings is 1. The number of aryl methyl sites for hydroxylation is 1. The summed E-state index contributed by atoms with van der Waals surface area (Å²) >= 11 is 0. The van der Waals surface area contributed by atoms with Gasteiger partial charge in [-0.05, 0) is 32.4 Å². The van der Waals surface area contributed by atoms with E-state index in [9.17, 15) is 9.59 Å². The van der Waals surface area contributed by atoms with Crippen molar-refractivity contribution in [2.24, 2.45) is 0 Å². The van der Waals surface area contributed by atoms with E-state index < -0.39 is 0 Å². The van der Waals surface area contributed by atoms with E-state index in [1.807, 2.05) is 38.1 Å². The minimum atomic E-state index is -0.259. The number of nitrogens with zero attached hydrogens (tertiary/aromatic N) is 1. The summed E-state index contributed by atoms with van der Waals surface area (Å²) < 4.78 is 4.90. The molecule has 4 heteroatoms. The van der Waals surface area contributed by atoms with E-state index >= 15 is 0 Å². The molecule has 0 unspecified atom stereocenters. The summed E-state index contributed by atoms with van der Waals surface area (Å²) in [7, 11) is 0. The lowest BCUT2D eigenvalue weighted by Gasteiger charge is -2.22. The Labute approximate surface area is 120 Å².